The minimum atomic E-state index is -0.383. The lowest BCUT2D eigenvalue weighted by molar-refractivity contribution is -0.118. The number of aromatic amines is 1. The number of H-pyrrole nitrogens is 1. The predicted molar refractivity (Wildman–Crippen MR) is 138 cm³/mol. The zero-order chi connectivity index (χ0) is 24.8. The molecule has 0 aliphatic heterocycles. The second kappa shape index (κ2) is 11.0. The highest BCUT2D eigenvalue weighted by Gasteiger charge is 2.12. The van der Waals surface area contributed by atoms with Gasteiger partial charge >= 0.3 is 0 Å². The first-order valence-corrected chi connectivity index (χ1v) is 11.4. The van der Waals surface area contributed by atoms with E-state index in [1.807, 2.05) is 31.2 Å². The second-order valence-corrected chi connectivity index (χ2v) is 8.28. The van der Waals surface area contributed by atoms with Crippen LogP contribution in [0.5, 0.6) is 11.5 Å². The number of aromatic nitrogens is 2. The molecule has 7 nitrogen and oxygen atoms in total. The average molecular weight is 507 g/mol. The molecule has 35 heavy (non-hydrogen) atoms. The molecule has 9 heteroatoms. The number of hydrogen-bond donors (Lipinski definition) is 2. The number of hydrogen-bond acceptors (Lipinski definition) is 5. The number of anilines is 1. The first-order valence-electron chi connectivity index (χ1n) is 10.7. The minimum absolute atomic E-state index is 0.248. The van der Waals surface area contributed by atoms with Gasteiger partial charge in [0.05, 0.1) is 23.2 Å². The van der Waals surface area contributed by atoms with Gasteiger partial charge in [0.25, 0.3) is 5.91 Å². The van der Waals surface area contributed by atoms with Gasteiger partial charge in [-0.1, -0.05) is 41.4 Å². The highest BCUT2D eigenvalue weighted by atomic mass is 35.5. The lowest BCUT2D eigenvalue weighted by Gasteiger charge is -2.13. The summed E-state index contributed by atoms with van der Waals surface area (Å²) in [7, 11) is 0. The molecule has 0 spiro atoms. The van der Waals surface area contributed by atoms with Gasteiger partial charge in [0.15, 0.2) is 18.1 Å². The smallest absolute Gasteiger partial charge is 0.262 e. The van der Waals surface area contributed by atoms with Crippen molar-refractivity contribution >= 4 is 57.5 Å². The quantitative estimate of drug-likeness (QED) is 0.271. The molecule has 1 heterocycles. The lowest BCUT2D eigenvalue weighted by atomic mass is 10.1. The number of fused-ring (bicyclic) bond motifs is 1. The highest BCUT2D eigenvalue weighted by Crippen LogP contribution is 2.30. The van der Waals surface area contributed by atoms with Gasteiger partial charge in [0, 0.05) is 15.7 Å². The molecule has 0 radical (unpaired) electrons. The van der Waals surface area contributed by atoms with Crippen LogP contribution in [-0.2, 0) is 4.79 Å². The van der Waals surface area contributed by atoms with E-state index < -0.39 is 0 Å². The summed E-state index contributed by atoms with van der Waals surface area (Å²) >= 11 is 11.9. The van der Waals surface area contributed by atoms with Gasteiger partial charge in [0.2, 0.25) is 0 Å². The fraction of sp³-hybridized carbons (Fsp3) is 0.115. The maximum atomic E-state index is 12.3. The molecule has 1 amide bonds. The van der Waals surface area contributed by atoms with Gasteiger partial charge in [-0.05, 0) is 61.0 Å². The van der Waals surface area contributed by atoms with Crippen molar-refractivity contribution < 1.29 is 14.3 Å². The number of nitrogens with zero attached hydrogens (tertiary/aromatic N) is 2. The number of halogens is 2. The fourth-order valence-corrected chi connectivity index (χ4v) is 3.90. The SMILES string of the molecule is CCOc1cc(/C=C(\C#N)c2nc3ccccc3[nH]2)ccc1OCC(=O)Nc1cc(Cl)cc(Cl)c1. The van der Waals surface area contributed by atoms with E-state index >= 15 is 0 Å². The Labute approximate surface area is 211 Å². The zero-order valence-corrected chi connectivity index (χ0v) is 20.2. The Morgan fingerprint density at radius 1 is 1.09 bits per heavy atom. The van der Waals surface area contributed by atoms with Gasteiger partial charge < -0.3 is 19.8 Å². The third kappa shape index (κ3) is 6.12. The van der Waals surface area contributed by atoms with E-state index in [2.05, 4.69) is 21.4 Å². The number of imidazole rings is 1. The highest BCUT2D eigenvalue weighted by molar-refractivity contribution is 6.35. The lowest BCUT2D eigenvalue weighted by Crippen LogP contribution is -2.20. The number of ether oxygens (including phenoxy) is 2. The topological polar surface area (TPSA) is 100 Å². The number of allylic oxidation sites excluding steroid dienone is 1. The predicted octanol–water partition coefficient (Wildman–Crippen LogP) is 6.35. The van der Waals surface area contributed by atoms with Crippen molar-refractivity contribution in [3.05, 3.63) is 82.1 Å². The van der Waals surface area contributed by atoms with E-state index in [1.54, 1.807) is 42.5 Å². The third-order valence-corrected chi connectivity index (χ3v) is 5.29. The monoisotopic (exact) mass is 506 g/mol. The van der Waals surface area contributed by atoms with E-state index in [0.29, 0.717) is 45.2 Å². The normalized spacial score (nSPS) is 11.2. The molecule has 3 aromatic carbocycles. The summed E-state index contributed by atoms with van der Waals surface area (Å²) in [5.41, 5.74) is 3.19. The van der Waals surface area contributed by atoms with Gasteiger partial charge in [-0.15, -0.1) is 0 Å². The van der Waals surface area contributed by atoms with E-state index in [9.17, 15) is 10.1 Å². The van der Waals surface area contributed by atoms with Gasteiger partial charge in [-0.3, -0.25) is 4.79 Å². The second-order valence-electron chi connectivity index (χ2n) is 7.41. The van der Waals surface area contributed by atoms with E-state index in [4.69, 9.17) is 32.7 Å². The van der Waals surface area contributed by atoms with Crippen molar-refractivity contribution in [3.8, 4) is 17.6 Å². The molecule has 2 N–H and O–H groups in total. The summed E-state index contributed by atoms with van der Waals surface area (Å²) < 4.78 is 11.4. The van der Waals surface area contributed by atoms with Crippen LogP contribution in [0.25, 0.3) is 22.7 Å². The molecule has 0 aliphatic rings. The number of amides is 1. The summed E-state index contributed by atoms with van der Waals surface area (Å²) in [5, 5.41) is 13.2. The number of carbonyl (C=O) groups excluding carboxylic acids is 1. The van der Waals surface area contributed by atoms with E-state index in [0.717, 1.165) is 16.6 Å². The van der Waals surface area contributed by atoms with Crippen molar-refractivity contribution in [1.82, 2.24) is 9.97 Å². The molecular formula is C26H20Cl2N4O3. The Morgan fingerprint density at radius 3 is 2.57 bits per heavy atom. The van der Waals surface area contributed by atoms with Crippen molar-refractivity contribution in [2.75, 3.05) is 18.5 Å². The summed E-state index contributed by atoms with van der Waals surface area (Å²) in [4.78, 5) is 20.0. The van der Waals surface area contributed by atoms with Crippen LogP contribution in [0.15, 0.2) is 60.7 Å². The minimum Gasteiger partial charge on any atom is -0.490 e. The van der Waals surface area contributed by atoms with E-state index in [1.165, 1.54) is 0 Å². The largest absolute Gasteiger partial charge is 0.490 e. The maximum absolute atomic E-state index is 12.3. The molecule has 1 aromatic heterocycles. The molecule has 4 aromatic rings. The summed E-state index contributed by atoms with van der Waals surface area (Å²) in [6.07, 6.45) is 1.71. The fourth-order valence-electron chi connectivity index (χ4n) is 3.37. The molecule has 0 saturated carbocycles. The van der Waals surface area contributed by atoms with Crippen molar-refractivity contribution in [3.63, 3.8) is 0 Å². The molecule has 0 unspecified atom stereocenters. The number of nitriles is 1. The Bertz CT molecular complexity index is 1400. The molecule has 0 bridgehead atoms. The molecular weight excluding hydrogens is 487 g/mol. The number of rotatable bonds is 8. The molecule has 0 atom stereocenters. The van der Waals surface area contributed by atoms with Crippen molar-refractivity contribution in [2.45, 2.75) is 6.92 Å². The van der Waals surface area contributed by atoms with Crippen LogP contribution in [0, 0.1) is 11.3 Å². The van der Waals surface area contributed by atoms with Crippen LogP contribution < -0.4 is 14.8 Å². The standard InChI is InChI=1S/C26H20Cl2N4O3/c1-2-34-24-10-16(9-17(14-29)26-31-21-5-3-4-6-22(21)32-26)7-8-23(24)35-15-25(33)30-20-12-18(27)11-19(28)13-20/h3-13H,2,15H2,1H3,(H,30,33)(H,31,32)/b17-9+. The number of nitrogens with one attached hydrogen (secondary N) is 2. The third-order valence-electron chi connectivity index (χ3n) is 4.85. The van der Waals surface area contributed by atoms with Crippen LogP contribution in [0.3, 0.4) is 0 Å². The molecule has 0 saturated heterocycles. The number of para-hydroxylation sites is 2. The summed E-state index contributed by atoms with van der Waals surface area (Å²) in [6, 6.07) is 19.7. The van der Waals surface area contributed by atoms with Crippen LogP contribution in [-0.4, -0.2) is 29.1 Å². The molecule has 4 rings (SSSR count). The first kappa shape index (κ1) is 24.1. The van der Waals surface area contributed by atoms with Crippen LogP contribution in [0.4, 0.5) is 5.69 Å². The summed E-state index contributed by atoms with van der Waals surface area (Å²) in [6.45, 7) is 1.99. The Kier molecular flexibility index (Phi) is 7.56. The maximum Gasteiger partial charge on any atom is 0.262 e. The number of benzene rings is 3. The van der Waals surface area contributed by atoms with Gasteiger partial charge in [-0.2, -0.15) is 5.26 Å². The van der Waals surface area contributed by atoms with Crippen molar-refractivity contribution in [1.29, 1.82) is 5.26 Å². The van der Waals surface area contributed by atoms with Gasteiger partial charge in [-0.25, -0.2) is 4.98 Å². The van der Waals surface area contributed by atoms with Crippen LogP contribution in [0.1, 0.15) is 18.3 Å². The average Bonchev–Trinajstić information content (AvgIpc) is 3.25. The van der Waals surface area contributed by atoms with Gasteiger partial charge in [0.1, 0.15) is 11.9 Å². The van der Waals surface area contributed by atoms with Crippen LogP contribution >= 0.6 is 23.2 Å². The van der Waals surface area contributed by atoms with E-state index in [-0.39, 0.29) is 12.5 Å². The zero-order valence-electron chi connectivity index (χ0n) is 18.6. The number of carbonyl (C=O) groups is 1. The molecule has 0 aliphatic carbocycles. The van der Waals surface area contributed by atoms with Crippen molar-refractivity contribution in [2.24, 2.45) is 0 Å². The Balaban J connectivity index is 1.50. The summed E-state index contributed by atoms with van der Waals surface area (Å²) in [5.74, 6) is 0.934. The molecule has 0 fully saturated rings. The van der Waals surface area contributed by atoms with Crippen LogP contribution in [0.2, 0.25) is 10.0 Å². The Morgan fingerprint density at radius 2 is 1.86 bits per heavy atom. The Hall–Kier alpha value is -3.99. The first-order chi connectivity index (χ1) is 16.9. The molecule has 176 valence electrons.